The lowest BCUT2D eigenvalue weighted by molar-refractivity contribution is 0.546. The van der Waals surface area contributed by atoms with Crippen LogP contribution in [0.3, 0.4) is 0 Å². The van der Waals surface area contributed by atoms with E-state index in [-0.39, 0.29) is 5.95 Å². The number of aromatic nitrogens is 2. The normalized spacial score (nSPS) is 20.0. The zero-order valence-electron chi connectivity index (χ0n) is 13.9. The van der Waals surface area contributed by atoms with E-state index in [0.717, 1.165) is 21.8 Å². The van der Waals surface area contributed by atoms with Crippen LogP contribution in [-0.2, 0) is 5.54 Å². The van der Waals surface area contributed by atoms with E-state index in [1.807, 2.05) is 24.3 Å². The molecule has 3 aromatic rings. The third kappa shape index (κ3) is 2.69. The summed E-state index contributed by atoms with van der Waals surface area (Å²) in [5.74, 6) is 0.283. The van der Waals surface area contributed by atoms with Crippen LogP contribution in [0.4, 0.5) is 5.95 Å². The van der Waals surface area contributed by atoms with Crippen molar-refractivity contribution >= 4 is 27.4 Å². The van der Waals surface area contributed by atoms with Crippen molar-refractivity contribution in [3.63, 3.8) is 0 Å². The van der Waals surface area contributed by atoms with Crippen LogP contribution in [0.5, 0.6) is 0 Å². The molecule has 2 heterocycles. The molecular formula is C19H19N5S. The maximum atomic E-state index is 6.61. The van der Waals surface area contributed by atoms with Gasteiger partial charge in [-0.15, -0.1) is 11.3 Å². The second-order valence-electron chi connectivity index (χ2n) is 6.39. The molecule has 5 nitrogen and oxygen atoms in total. The number of nitrogens with two attached hydrogens (primary N) is 3. The third-order valence-corrected chi connectivity index (χ3v) is 5.88. The van der Waals surface area contributed by atoms with Gasteiger partial charge in [-0.3, -0.25) is 0 Å². The number of aryl methyl sites for hydroxylation is 1. The molecule has 25 heavy (non-hydrogen) atoms. The van der Waals surface area contributed by atoms with E-state index < -0.39 is 5.54 Å². The highest BCUT2D eigenvalue weighted by atomic mass is 32.1. The van der Waals surface area contributed by atoms with Gasteiger partial charge in [0.15, 0.2) is 0 Å². The van der Waals surface area contributed by atoms with Crippen LogP contribution in [0.1, 0.15) is 17.5 Å². The number of hydrogen-bond donors (Lipinski definition) is 3. The average molecular weight is 349 g/mol. The maximum absolute atomic E-state index is 6.61. The number of benzene rings is 1. The summed E-state index contributed by atoms with van der Waals surface area (Å²) in [7, 11) is 0. The van der Waals surface area contributed by atoms with Crippen molar-refractivity contribution in [3.05, 3.63) is 65.5 Å². The minimum Gasteiger partial charge on any atom is -0.402 e. The fourth-order valence-electron chi connectivity index (χ4n) is 3.25. The van der Waals surface area contributed by atoms with Gasteiger partial charge in [-0.1, -0.05) is 18.2 Å². The van der Waals surface area contributed by atoms with Crippen molar-refractivity contribution in [2.75, 3.05) is 5.73 Å². The van der Waals surface area contributed by atoms with Gasteiger partial charge in [0, 0.05) is 23.0 Å². The van der Waals surface area contributed by atoms with Crippen molar-refractivity contribution in [1.82, 2.24) is 9.97 Å². The Bertz CT molecular complexity index is 1030. The van der Waals surface area contributed by atoms with Gasteiger partial charge in [-0.2, -0.15) is 0 Å². The van der Waals surface area contributed by atoms with Crippen LogP contribution in [0.2, 0.25) is 0 Å². The standard InChI is InChI=1S/C19H19N5S/c1-11-14-9-12(19(22)7-2-3-13(20)10-19)4-5-16(14)25-17(11)15-6-8-23-18(21)24-15/h2-9H,10,20,22H2,1H3,(H2,21,23,24). The molecule has 1 unspecified atom stereocenters. The summed E-state index contributed by atoms with van der Waals surface area (Å²) < 4.78 is 1.19. The fourth-order valence-corrected chi connectivity index (χ4v) is 4.41. The van der Waals surface area contributed by atoms with Crippen molar-refractivity contribution in [3.8, 4) is 10.6 Å². The van der Waals surface area contributed by atoms with E-state index in [1.54, 1.807) is 17.5 Å². The monoisotopic (exact) mass is 349 g/mol. The molecule has 2 aromatic heterocycles. The van der Waals surface area contributed by atoms with Crippen LogP contribution in [0, 0.1) is 6.92 Å². The molecule has 6 heteroatoms. The quantitative estimate of drug-likeness (QED) is 0.659. The Kier molecular flexibility index (Phi) is 3.59. The molecule has 4 rings (SSSR count). The number of rotatable bonds is 2. The van der Waals surface area contributed by atoms with Crippen LogP contribution in [0.25, 0.3) is 20.7 Å². The van der Waals surface area contributed by atoms with Crippen LogP contribution < -0.4 is 17.2 Å². The number of fused-ring (bicyclic) bond motifs is 1. The predicted molar refractivity (Wildman–Crippen MR) is 104 cm³/mol. The highest BCUT2D eigenvalue weighted by Crippen LogP contribution is 2.40. The SMILES string of the molecule is Cc1c(-c2ccnc(N)n2)sc2ccc(C3(N)C=CC=C(N)C3)cc12. The summed E-state index contributed by atoms with van der Waals surface area (Å²) in [5.41, 5.74) is 21.6. The van der Waals surface area contributed by atoms with Crippen molar-refractivity contribution in [2.45, 2.75) is 18.9 Å². The second-order valence-corrected chi connectivity index (χ2v) is 7.44. The van der Waals surface area contributed by atoms with Crippen LogP contribution in [-0.4, -0.2) is 9.97 Å². The Labute approximate surface area is 149 Å². The van der Waals surface area contributed by atoms with Gasteiger partial charge in [0.25, 0.3) is 0 Å². The molecule has 0 saturated heterocycles. The highest BCUT2D eigenvalue weighted by Gasteiger charge is 2.27. The Morgan fingerprint density at radius 2 is 2.04 bits per heavy atom. The average Bonchev–Trinajstić information content (AvgIpc) is 2.91. The first kappa shape index (κ1) is 15.8. The van der Waals surface area contributed by atoms with E-state index in [0.29, 0.717) is 6.42 Å². The zero-order valence-corrected chi connectivity index (χ0v) is 14.7. The molecule has 0 aliphatic heterocycles. The molecule has 0 fully saturated rings. The molecule has 0 bridgehead atoms. The second kappa shape index (κ2) is 5.68. The number of hydrogen-bond acceptors (Lipinski definition) is 6. The molecule has 0 radical (unpaired) electrons. The van der Waals surface area contributed by atoms with Gasteiger partial charge in [0.05, 0.1) is 16.1 Å². The number of nitrogen functional groups attached to an aromatic ring is 1. The Morgan fingerprint density at radius 1 is 1.20 bits per heavy atom. The smallest absolute Gasteiger partial charge is 0.220 e. The van der Waals surface area contributed by atoms with Crippen LogP contribution >= 0.6 is 11.3 Å². The Balaban J connectivity index is 1.83. The van der Waals surface area contributed by atoms with E-state index in [1.165, 1.54) is 15.6 Å². The molecule has 1 aromatic carbocycles. The third-order valence-electron chi connectivity index (χ3n) is 4.58. The Morgan fingerprint density at radius 3 is 2.80 bits per heavy atom. The van der Waals surface area contributed by atoms with Gasteiger partial charge in [0.2, 0.25) is 5.95 Å². The molecule has 126 valence electrons. The number of thiophene rings is 1. The number of allylic oxidation sites excluding steroid dienone is 2. The summed E-state index contributed by atoms with van der Waals surface area (Å²) in [6.45, 7) is 2.10. The largest absolute Gasteiger partial charge is 0.402 e. The van der Waals surface area contributed by atoms with Gasteiger partial charge in [-0.05, 0) is 47.7 Å². The molecule has 1 atom stereocenters. The lowest BCUT2D eigenvalue weighted by atomic mass is 9.83. The van der Waals surface area contributed by atoms with E-state index in [4.69, 9.17) is 17.2 Å². The lowest BCUT2D eigenvalue weighted by Gasteiger charge is -2.29. The molecule has 6 N–H and O–H groups in total. The number of anilines is 1. The van der Waals surface area contributed by atoms with Crippen LogP contribution in [0.15, 0.2) is 54.4 Å². The number of nitrogens with zero attached hydrogens (tertiary/aromatic N) is 2. The summed E-state index contributed by atoms with van der Waals surface area (Å²) in [4.78, 5) is 9.43. The molecular weight excluding hydrogens is 330 g/mol. The first-order chi connectivity index (χ1) is 12.0. The van der Waals surface area contributed by atoms with E-state index in [2.05, 4.69) is 35.1 Å². The van der Waals surface area contributed by atoms with Crippen molar-refractivity contribution in [1.29, 1.82) is 0 Å². The lowest BCUT2D eigenvalue weighted by Crippen LogP contribution is -2.37. The van der Waals surface area contributed by atoms with Gasteiger partial charge >= 0.3 is 0 Å². The summed E-state index contributed by atoms with van der Waals surface area (Å²) in [6.07, 6.45) is 8.14. The first-order valence-electron chi connectivity index (χ1n) is 8.01. The Hall–Kier alpha value is -2.70. The van der Waals surface area contributed by atoms with Gasteiger partial charge < -0.3 is 17.2 Å². The highest BCUT2D eigenvalue weighted by molar-refractivity contribution is 7.22. The molecule has 1 aliphatic carbocycles. The summed E-state index contributed by atoms with van der Waals surface area (Å²) in [5, 5.41) is 1.18. The van der Waals surface area contributed by atoms with E-state index >= 15 is 0 Å². The van der Waals surface area contributed by atoms with Crippen molar-refractivity contribution in [2.24, 2.45) is 11.5 Å². The van der Waals surface area contributed by atoms with Gasteiger partial charge in [-0.25, -0.2) is 9.97 Å². The topological polar surface area (TPSA) is 104 Å². The molecule has 0 saturated carbocycles. The minimum absolute atomic E-state index is 0.283. The van der Waals surface area contributed by atoms with Gasteiger partial charge in [0.1, 0.15) is 0 Å². The molecule has 0 amide bonds. The summed E-state index contributed by atoms with van der Waals surface area (Å²) in [6, 6.07) is 8.25. The minimum atomic E-state index is -0.569. The fraction of sp³-hybridized carbons (Fsp3) is 0.158. The first-order valence-corrected chi connectivity index (χ1v) is 8.83. The maximum Gasteiger partial charge on any atom is 0.220 e. The zero-order chi connectivity index (χ0) is 17.6. The molecule has 0 spiro atoms. The summed E-state index contributed by atoms with van der Waals surface area (Å²) >= 11 is 1.70. The predicted octanol–water partition coefficient (Wildman–Crippen LogP) is 3.21. The van der Waals surface area contributed by atoms with Crippen molar-refractivity contribution < 1.29 is 0 Å². The molecule has 1 aliphatic rings. The van der Waals surface area contributed by atoms with E-state index in [9.17, 15) is 0 Å².